The van der Waals surface area contributed by atoms with Gasteiger partial charge in [-0.1, -0.05) is 17.5 Å². The number of hydrogen-bond donors (Lipinski definition) is 1. The number of terminal acetylenes is 1. The third kappa shape index (κ3) is 2.48. The van der Waals surface area contributed by atoms with E-state index in [2.05, 4.69) is 16.2 Å². The quantitative estimate of drug-likeness (QED) is 0.591. The van der Waals surface area contributed by atoms with Gasteiger partial charge < -0.3 is 5.32 Å². The summed E-state index contributed by atoms with van der Waals surface area (Å²) in [4.78, 5) is 15.3. The minimum absolute atomic E-state index is 0.175. The molecule has 0 spiro atoms. The SMILES string of the molecule is C#CC(C)NC(=O)c1cccnc1Cl. The van der Waals surface area contributed by atoms with E-state index in [0.717, 1.165) is 0 Å². The summed E-state index contributed by atoms with van der Waals surface area (Å²) in [5, 5.41) is 2.76. The maximum Gasteiger partial charge on any atom is 0.255 e. The normalized spacial score (nSPS) is 11.5. The molecule has 1 unspecified atom stereocenters. The molecule has 14 heavy (non-hydrogen) atoms. The van der Waals surface area contributed by atoms with Crippen molar-refractivity contribution in [3.05, 3.63) is 29.0 Å². The molecule has 0 aliphatic rings. The third-order valence-corrected chi connectivity index (χ3v) is 1.90. The van der Waals surface area contributed by atoms with Crippen LogP contribution in [-0.4, -0.2) is 16.9 Å². The molecule has 1 amide bonds. The summed E-state index contributed by atoms with van der Waals surface area (Å²) < 4.78 is 0. The fourth-order valence-electron chi connectivity index (χ4n) is 0.871. The van der Waals surface area contributed by atoms with Crippen LogP contribution in [-0.2, 0) is 0 Å². The molecule has 1 aromatic heterocycles. The Morgan fingerprint density at radius 3 is 3.07 bits per heavy atom. The minimum atomic E-state index is -0.321. The number of amides is 1. The van der Waals surface area contributed by atoms with Gasteiger partial charge in [0, 0.05) is 6.20 Å². The monoisotopic (exact) mass is 208 g/mol. The highest BCUT2D eigenvalue weighted by Gasteiger charge is 2.11. The zero-order chi connectivity index (χ0) is 10.6. The van der Waals surface area contributed by atoms with Crippen LogP contribution in [0.15, 0.2) is 18.3 Å². The lowest BCUT2D eigenvalue weighted by Crippen LogP contribution is -2.31. The van der Waals surface area contributed by atoms with Crippen LogP contribution in [0.3, 0.4) is 0 Å². The van der Waals surface area contributed by atoms with E-state index in [1.807, 2.05) is 0 Å². The largest absolute Gasteiger partial charge is 0.339 e. The lowest BCUT2D eigenvalue weighted by Gasteiger charge is -2.07. The Bertz CT molecular complexity index is 384. The van der Waals surface area contributed by atoms with E-state index in [1.54, 1.807) is 19.1 Å². The average molecular weight is 209 g/mol. The van der Waals surface area contributed by atoms with Gasteiger partial charge in [-0.05, 0) is 19.1 Å². The second-order valence-corrected chi connectivity index (χ2v) is 3.06. The van der Waals surface area contributed by atoms with Gasteiger partial charge in [0.2, 0.25) is 0 Å². The molecule has 0 aliphatic carbocycles. The molecule has 0 aliphatic heterocycles. The lowest BCUT2D eigenvalue weighted by molar-refractivity contribution is 0.0948. The molecular weight excluding hydrogens is 200 g/mol. The zero-order valence-corrected chi connectivity index (χ0v) is 8.38. The van der Waals surface area contributed by atoms with Gasteiger partial charge in [-0.2, -0.15) is 0 Å². The van der Waals surface area contributed by atoms with Crippen LogP contribution in [0.2, 0.25) is 5.15 Å². The number of carbonyl (C=O) groups excluding carboxylic acids is 1. The Labute approximate surface area is 87.5 Å². The number of nitrogens with zero attached hydrogens (tertiary/aromatic N) is 1. The average Bonchev–Trinajstić information content (AvgIpc) is 2.18. The van der Waals surface area contributed by atoms with E-state index >= 15 is 0 Å². The van der Waals surface area contributed by atoms with Crippen LogP contribution < -0.4 is 5.32 Å². The van der Waals surface area contributed by atoms with Crippen molar-refractivity contribution in [2.75, 3.05) is 0 Å². The van der Waals surface area contributed by atoms with Crippen molar-refractivity contribution in [1.29, 1.82) is 0 Å². The van der Waals surface area contributed by atoms with Crippen LogP contribution in [0.25, 0.3) is 0 Å². The van der Waals surface area contributed by atoms with Gasteiger partial charge >= 0.3 is 0 Å². The molecule has 1 N–H and O–H groups in total. The maximum atomic E-state index is 11.5. The van der Waals surface area contributed by atoms with Crippen molar-refractivity contribution in [3.8, 4) is 12.3 Å². The Morgan fingerprint density at radius 1 is 1.79 bits per heavy atom. The molecule has 0 saturated carbocycles. The first-order valence-corrected chi connectivity index (χ1v) is 4.40. The number of pyridine rings is 1. The van der Waals surface area contributed by atoms with Crippen LogP contribution in [0.1, 0.15) is 17.3 Å². The van der Waals surface area contributed by atoms with Crippen molar-refractivity contribution < 1.29 is 4.79 Å². The molecule has 0 fully saturated rings. The molecule has 1 rings (SSSR count). The Balaban J connectivity index is 2.81. The second-order valence-electron chi connectivity index (χ2n) is 2.70. The van der Waals surface area contributed by atoms with Crippen LogP contribution >= 0.6 is 11.6 Å². The summed E-state index contributed by atoms with van der Waals surface area (Å²) in [5.74, 6) is 2.08. The van der Waals surface area contributed by atoms with E-state index < -0.39 is 0 Å². The molecule has 1 aromatic rings. The Kier molecular flexibility index (Phi) is 3.49. The van der Waals surface area contributed by atoms with Gasteiger partial charge in [0.25, 0.3) is 5.91 Å². The van der Waals surface area contributed by atoms with Gasteiger partial charge in [-0.15, -0.1) is 6.42 Å². The number of hydrogen-bond acceptors (Lipinski definition) is 2. The summed E-state index contributed by atoms with van der Waals surface area (Å²) in [6, 6.07) is 2.91. The standard InChI is InChI=1S/C10H9ClN2O/c1-3-7(2)13-10(14)8-5-4-6-12-9(8)11/h1,4-7H,2H3,(H,13,14). The lowest BCUT2D eigenvalue weighted by atomic mass is 10.2. The highest BCUT2D eigenvalue weighted by molar-refractivity contribution is 6.32. The van der Waals surface area contributed by atoms with Gasteiger partial charge in [-0.3, -0.25) is 4.79 Å². The third-order valence-electron chi connectivity index (χ3n) is 1.60. The number of aromatic nitrogens is 1. The van der Waals surface area contributed by atoms with E-state index in [9.17, 15) is 4.79 Å². The van der Waals surface area contributed by atoms with Gasteiger partial charge in [0.05, 0.1) is 11.6 Å². The molecule has 1 heterocycles. The van der Waals surface area contributed by atoms with Crippen molar-refractivity contribution in [2.24, 2.45) is 0 Å². The highest BCUT2D eigenvalue weighted by Crippen LogP contribution is 2.10. The number of nitrogens with one attached hydrogen (secondary N) is 1. The molecular formula is C10H9ClN2O. The summed E-state index contributed by atoms with van der Waals surface area (Å²) >= 11 is 5.72. The fraction of sp³-hybridized carbons (Fsp3) is 0.200. The summed E-state index contributed by atoms with van der Waals surface area (Å²) in [7, 11) is 0. The second kappa shape index (κ2) is 4.64. The van der Waals surface area contributed by atoms with Crippen LogP contribution in [0.4, 0.5) is 0 Å². The number of halogens is 1. The first kappa shape index (κ1) is 10.6. The van der Waals surface area contributed by atoms with Crippen LogP contribution in [0.5, 0.6) is 0 Å². The predicted octanol–water partition coefficient (Wildman–Crippen LogP) is 1.49. The van der Waals surface area contributed by atoms with E-state index in [1.165, 1.54) is 6.20 Å². The number of carbonyl (C=O) groups is 1. The van der Waals surface area contributed by atoms with E-state index in [0.29, 0.717) is 5.56 Å². The molecule has 0 aromatic carbocycles. The fourth-order valence-corrected chi connectivity index (χ4v) is 1.08. The van der Waals surface area contributed by atoms with Gasteiger partial charge in [-0.25, -0.2) is 4.98 Å². The van der Waals surface area contributed by atoms with E-state index in [4.69, 9.17) is 18.0 Å². The summed E-state index contributed by atoms with van der Waals surface area (Å²) in [6.07, 6.45) is 6.64. The van der Waals surface area contributed by atoms with Crippen molar-refractivity contribution in [2.45, 2.75) is 13.0 Å². The topological polar surface area (TPSA) is 42.0 Å². The zero-order valence-electron chi connectivity index (χ0n) is 7.62. The first-order chi connectivity index (χ1) is 6.65. The molecule has 3 nitrogen and oxygen atoms in total. The molecule has 0 bridgehead atoms. The molecule has 72 valence electrons. The summed E-state index contributed by atoms with van der Waals surface area (Å²) in [6.45, 7) is 1.71. The minimum Gasteiger partial charge on any atom is -0.339 e. The van der Waals surface area contributed by atoms with Crippen molar-refractivity contribution >= 4 is 17.5 Å². The maximum absolute atomic E-state index is 11.5. The molecule has 4 heteroatoms. The molecule has 0 radical (unpaired) electrons. The summed E-state index contributed by atoms with van der Waals surface area (Å²) in [5.41, 5.74) is 0.330. The van der Waals surface area contributed by atoms with E-state index in [-0.39, 0.29) is 17.1 Å². The van der Waals surface area contributed by atoms with Gasteiger partial charge in [0.15, 0.2) is 0 Å². The predicted molar refractivity (Wildman–Crippen MR) is 55.0 cm³/mol. The molecule has 1 atom stereocenters. The van der Waals surface area contributed by atoms with Gasteiger partial charge in [0.1, 0.15) is 5.15 Å². The van der Waals surface area contributed by atoms with Crippen molar-refractivity contribution in [3.63, 3.8) is 0 Å². The number of rotatable bonds is 2. The molecule has 0 saturated heterocycles. The Hall–Kier alpha value is -1.53. The Morgan fingerprint density at radius 2 is 2.50 bits per heavy atom. The van der Waals surface area contributed by atoms with Crippen LogP contribution in [0, 0.1) is 12.3 Å². The smallest absolute Gasteiger partial charge is 0.255 e. The highest BCUT2D eigenvalue weighted by atomic mass is 35.5. The first-order valence-electron chi connectivity index (χ1n) is 4.02. The van der Waals surface area contributed by atoms with Crippen molar-refractivity contribution in [1.82, 2.24) is 10.3 Å².